The molecule has 1 amide bonds. The maximum absolute atomic E-state index is 12.9. The molecule has 2 bridgehead atoms. The van der Waals surface area contributed by atoms with E-state index in [-0.39, 0.29) is 58.5 Å². The van der Waals surface area contributed by atoms with Crippen LogP contribution >= 0.6 is 15.9 Å². The van der Waals surface area contributed by atoms with Crippen LogP contribution in [0, 0.1) is 23.7 Å². The molecule has 2 saturated carbocycles. The van der Waals surface area contributed by atoms with Gasteiger partial charge in [-0.3, -0.25) is 14.4 Å². The van der Waals surface area contributed by atoms with Gasteiger partial charge in [-0.25, -0.2) is 4.79 Å². The van der Waals surface area contributed by atoms with Crippen molar-refractivity contribution in [2.45, 2.75) is 17.4 Å². The molecule has 0 unspecified atom stereocenters. The predicted octanol–water partition coefficient (Wildman–Crippen LogP) is 3.24. The lowest BCUT2D eigenvalue weighted by Gasteiger charge is -2.27. The Kier molecular flexibility index (Phi) is 5.33. The molecule has 2 aliphatic carbocycles. The fourth-order valence-corrected chi connectivity index (χ4v) is 6.21. The number of carbonyl (C=O) groups is 4. The number of nitrogens with one attached hydrogen (secondary N) is 1. The van der Waals surface area contributed by atoms with Crippen molar-refractivity contribution in [3.8, 4) is 0 Å². The first kappa shape index (κ1) is 20.9. The number of anilines is 1. The molecule has 7 nitrogen and oxygen atoms in total. The Morgan fingerprint density at radius 1 is 1.00 bits per heavy atom. The molecule has 0 aromatic heterocycles. The van der Waals surface area contributed by atoms with Crippen molar-refractivity contribution in [1.82, 2.24) is 0 Å². The van der Waals surface area contributed by atoms with E-state index in [1.54, 1.807) is 42.5 Å². The highest BCUT2D eigenvalue weighted by Gasteiger charge is 2.67. The van der Waals surface area contributed by atoms with Gasteiger partial charge in [-0.2, -0.15) is 0 Å². The number of amides is 1. The molecule has 1 heterocycles. The van der Waals surface area contributed by atoms with Crippen molar-refractivity contribution in [3.05, 3.63) is 65.7 Å². The Labute approximate surface area is 192 Å². The molecule has 2 aromatic rings. The Bertz CT molecular complexity index is 1090. The minimum absolute atomic E-state index is 0.00157. The van der Waals surface area contributed by atoms with Gasteiger partial charge in [0.25, 0.3) is 0 Å². The zero-order valence-corrected chi connectivity index (χ0v) is 18.5. The summed E-state index contributed by atoms with van der Waals surface area (Å²) in [6.07, 6.45) is 0.683. The van der Waals surface area contributed by atoms with E-state index >= 15 is 0 Å². The van der Waals surface area contributed by atoms with Gasteiger partial charge >= 0.3 is 11.9 Å². The van der Waals surface area contributed by atoms with Crippen LogP contribution in [0.15, 0.2) is 54.6 Å². The summed E-state index contributed by atoms with van der Waals surface area (Å²) in [6, 6.07) is 14.9. The Balaban J connectivity index is 1.19. The van der Waals surface area contributed by atoms with Crippen LogP contribution in [-0.4, -0.2) is 41.2 Å². The Hall–Kier alpha value is -3.00. The number of halogens is 1. The first-order chi connectivity index (χ1) is 15.4. The Morgan fingerprint density at radius 2 is 1.72 bits per heavy atom. The first-order valence-electron chi connectivity index (χ1n) is 10.4. The summed E-state index contributed by atoms with van der Waals surface area (Å²) in [5.41, 5.74) is 1.26. The van der Waals surface area contributed by atoms with Crippen molar-refractivity contribution in [2.24, 2.45) is 23.7 Å². The highest BCUT2D eigenvalue weighted by Crippen LogP contribution is 2.60. The van der Waals surface area contributed by atoms with Crippen molar-refractivity contribution in [1.29, 1.82) is 0 Å². The fourth-order valence-electron chi connectivity index (χ4n) is 5.17. The number of hydrogen-bond acceptors (Lipinski definition) is 6. The molecule has 3 aliphatic rings. The van der Waals surface area contributed by atoms with E-state index in [9.17, 15) is 19.2 Å². The highest BCUT2D eigenvalue weighted by molar-refractivity contribution is 9.09. The zero-order chi connectivity index (χ0) is 22.4. The molecular weight excluding hydrogens is 478 g/mol. The SMILES string of the molecule is O=C(COC(=O)c1ccc(NC(=O)[C@@H]2[C@H]3C[C@H]4[C@H](OC(=O)[C@H]42)[C@@H]3Br)cc1)c1ccccc1. The second-order valence-corrected chi connectivity index (χ2v) is 9.45. The molecule has 1 saturated heterocycles. The molecule has 3 fully saturated rings. The molecule has 32 heavy (non-hydrogen) atoms. The van der Waals surface area contributed by atoms with Crippen LogP contribution < -0.4 is 5.32 Å². The number of hydrogen-bond donors (Lipinski definition) is 1. The minimum Gasteiger partial charge on any atom is -0.461 e. The fraction of sp³-hybridized carbons (Fsp3) is 0.333. The summed E-state index contributed by atoms with van der Waals surface area (Å²) in [7, 11) is 0. The van der Waals surface area contributed by atoms with Gasteiger partial charge in [-0.1, -0.05) is 46.3 Å². The molecule has 8 heteroatoms. The quantitative estimate of drug-likeness (QED) is 0.373. The van der Waals surface area contributed by atoms with Gasteiger partial charge in [0.2, 0.25) is 5.91 Å². The summed E-state index contributed by atoms with van der Waals surface area (Å²) in [4.78, 5) is 49.5. The van der Waals surface area contributed by atoms with Crippen LogP contribution in [-0.2, 0) is 19.1 Å². The van der Waals surface area contributed by atoms with Gasteiger partial charge in [-0.05, 0) is 36.6 Å². The summed E-state index contributed by atoms with van der Waals surface area (Å²) in [5, 5.41) is 2.86. The van der Waals surface area contributed by atoms with Crippen LogP contribution in [0.5, 0.6) is 0 Å². The minimum atomic E-state index is -0.623. The second kappa shape index (κ2) is 8.16. The van der Waals surface area contributed by atoms with E-state index in [2.05, 4.69) is 21.2 Å². The lowest BCUT2D eigenvalue weighted by Crippen LogP contribution is -2.40. The van der Waals surface area contributed by atoms with E-state index in [0.29, 0.717) is 11.3 Å². The molecule has 164 valence electrons. The van der Waals surface area contributed by atoms with E-state index in [4.69, 9.17) is 9.47 Å². The van der Waals surface area contributed by atoms with Crippen LogP contribution in [0.25, 0.3) is 0 Å². The number of ketones is 1. The van der Waals surface area contributed by atoms with E-state index < -0.39 is 11.9 Å². The van der Waals surface area contributed by atoms with E-state index in [1.165, 1.54) is 12.1 Å². The topological polar surface area (TPSA) is 98.8 Å². The standard InChI is InChI=1S/C24H20BrNO6/c25-20-15-10-16-19(24(30)32-21(16)20)18(15)22(28)26-14-8-6-13(7-9-14)23(29)31-11-17(27)12-4-2-1-3-5-12/h1-9,15-16,18-21H,10-11H2,(H,26,28)/t15-,16-,18-,19-,20-,21+/m1/s1. The average molecular weight is 498 g/mol. The third-order valence-electron chi connectivity index (χ3n) is 6.64. The number of Topliss-reactive ketones (excluding diaryl/α,β-unsaturated/α-hetero) is 1. The smallest absolute Gasteiger partial charge is 0.338 e. The summed E-state index contributed by atoms with van der Waals surface area (Å²) in [5.74, 6) is -2.05. The van der Waals surface area contributed by atoms with Gasteiger partial charge < -0.3 is 14.8 Å². The number of rotatable bonds is 6. The molecule has 1 aliphatic heterocycles. The van der Waals surface area contributed by atoms with Crippen molar-refractivity contribution < 1.29 is 28.7 Å². The predicted molar refractivity (Wildman–Crippen MR) is 117 cm³/mol. The number of esters is 2. The lowest BCUT2D eigenvalue weighted by molar-refractivity contribution is -0.145. The van der Waals surface area contributed by atoms with Gasteiger partial charge in [0.05, 0.1) is 22.2 Å². The molecular formula is C24H20BrNO6. The van der Waals surface area contributed by atoms with Gasteiger partial charge in [0.1, 0.15) is 6.10 Å². The van der Waals surface area contributed by atoms with Crippen molar-refractivity contribution in [2.75, 3.05) is 11.9 Å². The Morgan fingerprint density at radius 3 is 2.44 bits per heavy atom. The maximum atomic E-state index is 12.9. The second-order valence-electron chi connectivity index (χ2n) is 8.39. The van der Waals surface area contributed by atoms with Crippen molar-refractivity contribution in [3.63, 3.8) is 0 Å². The molecule has 1 N–H and O–H groups in total. The monoisotopic (exact) mass is 497 g/mol. The molecule has 6 atom stereocenters. The maximum Gasteiger partial charge on any atom is 0.338 e. The van der Waals surface area contributed by atoms with Crippen LogP contribution in [0.2, 0.25) is 0 Å². The number of ether oxygens (including phenoxy) is 2. The van der Waals surface area contributed by atoms with E-state index in [0.717, 1.165) is 6.42 Å². The van der Waals surface area contributed by atoms with Gasteiger partial charge in [0, 0.05) is 17.2 Å². The third kappa shape index (κ3) is 3.52. The first-order valence-corrected chi connectivity index (χ1v) is 11.4. The van der Waals surface area contributed by atoms with E-state index in [1.807, 2.05) is 0 Å². The van der Waals surface area contributed by atoms with Crippen LogP contribution in [0.3, 0.4) is 0 Å². The van der Waals surface area contributed by atoms with Crippen molar-refractivity contribution >= 4 is 45.2 Å². The van der Waals surface area contributed by atoms with Gasteiger partial charge in [-0.15, -0.1) is 0 Å². The average Bonchev–Trinajstić information content (AvgIpc) is 3.42. The third-order valence-corrected chi connectivity index (χ3v) is 7.84. The number of carbonyl (C=O) groups excluding carboxylic acids is 4. The molecule has 2 aromatic carbocycles. The summed E-state index contributed by atoms with van der Waals surface area (Å²) in [6.45, 7) is -0.349. The normalized spacial score (nSPS) is 29.5. The van der Waals surface area contributed by atoms with Crippen LogP contribution in [0.1, 0.15) is 27.1 Å². The largest absolute Gasteiger partial charge is 0.461 e. The molecule has 0 spiro atoms. The summed E-state index contributed by atoms with van der Waals surface area (Å²) >= 11 is 3.60. The molecule has 0 radical (unpaired) electrons. The number of fused-ring (bicyclic) bond motifs is 1. The zero-order valence-electron chi connectivity index (χ0n) is 16.9. The highest BCUT2D eigenvalue weighted by atomic mass is 79.9. The number of benzene rings is 2. The summed E-state index contributed by atoms with van der Waals surface area (Å²) < 4.78 is 10.6. The van der Waals surface area contributed by atoms with Crippen LogP contribution in [0.4, 0.5) is 5.69 Å². The van der Waals surface area contributed by atoms with Gasteiger partial charge in [0.15, 0.2) is 12.4 Å². The lowest BCUT2D eigenvalue weighted by atomic mass is 9.79. The number of alkyl halides is 1. The molecule has 5 rings (SSSR count).